The van der Waals surface area contributed by atoms with Gasteiger partial charge in [-0.05, 0) is 58.2 Å². The van der Waals surface area contributed by atoms with Crippen LogP contribution < -0.4 is 0 Å². The minimum Gasteiger partial charge on any atom is -0.303 e. The fraction of sp³-hybridized carbons (Fsp3) is 0.895. The number of nitrogens with zero attached hydrogens (tertiary/aromatic N) is 1. The van der Waals surface area contributed by atoms with Crippen molar-refractivity contribution in [3.05, 3.63) is 12.2 Å². The average molecular weight is 284 g/mol. The van der Waals surface area contributed by atoms with Crippen molar-refractivity contribution < 1.29 is 0 Å². The first kappa shape index (κ1) is 22.0. The maximum absolute atomic E-state index is 3.98. The van der Waals surface area contributed by atoms with Crippen LogP contribution in [0.25, 0.3) is 0 Å². The third-order valence-corrected chi connectivity index (χ3v) is 3.54. The van der Waals surface area contributed by atoms with E-state index >= 15 is 0 Å². The molecule has 1 nitrogen and oxygen atoms in total. The molecule has 0 aliphatic rings. The molecule has 0 saturated carbocycles. The zero-order valence-electron chi connectivity index (χ0n) is 15.3. The molecule has 0 N–H and O–H groups in total. The Morgan fingerprint density at radius 2 is 1.55 bits per heavy atom. The quantitative estimate of drug-likeness (QED) is 0.402. The normalized spacial score (nSPS) is 11.9. The molecule has 0 bridgehead atoms. The maximum atomic E-state index is 3.98. The molecule has 0 radical (unpaired) electrons. The molecule has 20 heavy (non-hydrogen) atoms. The van der Waals surface area contributed by atoms with Crippen molar-refractivity contribution in [2.24, 2.45) is 5.92 Å². The molecular formula is C19H41N. The lowest BCUT2D eigenvalue weighted by molar-refractivity contribution is 0.247. The summed E-state index contributed by atoms with van der Waals surface area (Å²) in [4.78, 5) is 2.65. The van der Waals surface area contributed by atoms with Gasteiger partial charge in [0.1, 0.15) is 0 Å². The summed E-state index contributed by atoms with van der Waals surface area (Å²) in [7, 11) is 0. The van der Waals surface area contributed by atoms with Crippen LogP contribution in [0, 0.1) is 5.92 Å². The van der Waals surface area contributed by atoms with E-state index in [0.29, 0.717) is 0 Å². The first-order valence-corrected chi connectivity index (χ1v) is 8.88. The SMILES string of the molecule is C=C(C)CCCN(CCCC)CCC(C)CC.CCC. The minimum absolute atomic E-state index is 0.875. The minimum atomic E-state index is 0.875. The summed E-state index contributed by atoms with van der Waals surface area (Å²) in [6.45, 7) is 21.1. The number of hydrogen-bond acceptors (Lipinski definition) is 1. The van der Waals surface area contributed by atoms with Gasteiger partial charge in [0.25, 0.3) is 0 Å². The van der Waals surface area contributed by atoms with E-state index in [2.05, 4.69) is 53.0 Å². The van der Waals surface area contributed by atoms with Crippen molar-refractivity contribution >= 4 is 0 Å². The van der Waals surface area contributed by atoms with Crippen molar-refractivity contribution in [3.63, 3.8) is 0 Å². The molecule has 0 amide bonds. The number of allylic oxidation sites excluding steroid dienone is 1. The summed E-state index contributed by atoms with van der Waals surface area (Å²) in [5, 5.41) is 0. The van der Waals surface area contributed by atoms with Crippen molar-refractivity contribution in [2.45, 2.75) is 86.5 Å². The zero-order chi connectivity index (χ0) is 15.8. The Kier molecular flexibility index (Phi) is 18.4. The van der Waals surface area contributed by atoms with Gasteiger partial charge in [-0.15, -0.1) is 6.58 Å². The van der Waals surface area contributed by atoms with Gasteiger partial charge < -0.3 is 4.90 Å². The van der Waals surface area contributed by atoms with Crippen LogP contribution in [0.1, 0.15) is 86.5 Å². The first-order chi connectivity index (χ1) is 9.51. The zero-order valence-corrected chi connectivity index (χ0v) is 15.3. The molecule has 0 aliphatic carbocycles. The van der Waals surface area contributed by atoms with Crippen LogP contribution in [0.5, 0.6) is 0 Å². The topological polar surface area (TPSA) is 3.24 Å². The summed E-state index contributed by atoms with van der Waals surface area (Å²) in [5.41, 5.74) is 1.32. The molecule has 0 aromatic rings. The number of rotatable bonds is 11. The van der Waals surface area contributed by atoms with Gasteiger partial charge in [0.15, 0.2) is 0 Å². The third-order valence-electron chi connectivity index (χ3n) is 3.54. The Labute approximate surface area is 129 Å². The molecule has 0 saturated heterocycles. The second kappa shape index (κ2) is 16.8. The Hall–Kier alpha value is -0.300. The summed E-state index contributed by atoms with van der Waals surface area (Å²) < 4.78 is 0. The van der Waals surface area contributed by atoms with Crippen LogP contribution >= 0.6 is 0 Å². The van der Waals surface area contributed by atoms with E-state index in [4.69, 9.17) is 0 Å². The molecule has 0 fully saturated rings. The molecule has 1 atom stereocenters. The van der Waals surface area contributed by atoms with E-state index in [9.17, 15) is 0 Å². The predicted octanol–water partition coefficient (Wildman–Crippen LogP) is 6.30. The van der Waals surface area contributed by atoms with Crippen LogP contribution in [0.3, 0.4) is 0 Å². The second-order valence-corrected chi connectivity index (χ2v) is 6.27. The van der Waals surface area contributed by atoms with E-state index < -0.39 is 0 Å². The first-order valence-electron chi connectivity index (χ1n) is 8.88. The molecule has 0 spiro atoms. The lowest BCUT2D eigenvalue weighted by Gasteiger charge is -2.23. The Morgan fingerprint density at radius 1 is 1.00 bits per heavy atom. The van der Waals surface area contributed by atoms with Gasteiger partial charge in [-0.25, -0.2) is 0 Å². The summed E-state index contributed by atoms with van der Waals surface area (Å²) in [5.74, 6) is 0.875. The summed E-state index contributed by atoms with van der Waals surface area (Å²) in [6, 6.07) is 0. The monoisotopic (exact) mass is 283 g/mol. The van der Waals surface area contributed by atoms with E-state index in [-0.39, 0.29) is 0 Å². The van der Waals surface area contributed by atoms with Crippen molar-refractivity contribution in [2.75, 3.05) is 19.6 Å². The molecule has 0 aliphatic heterocycles. The van der Waals surface area contributed by atoms with Gasteiger partial charge in [-0.1, -0.05) is 59.5 Å². The smallest absolute Gasteiger partial charge is 0.00157 e. The Bertz CT molecular complexity index is 198. The molecular weight excluding hydrogens is 242 g/mol. The van der Waals surface area contributed by atoms with Gasteiger partial charge in [0.2, 0.25) is 0 Å². The van der Waals surface area contributed by atoms with Crippen LogP contribution in [0.15, 0.2) is 12.2 Å². The highest BCUT2D eigenvalue weighted by Crippen LogP contribution is 2.10. The molecule has 0 heterocycles. The maximum Gasteiger partial charge on any atom is -0.00157 e. The van der Waals surface area contributed by atoms with Gasteiger partial charge >= 0.3 is 0 Å². The largest absolute Gasteiger partial charge is 0.303 e. The lowest BCUT2D eigenvalue weighted by Crippen LogP contribution is -2.28. The molecule has 0 aromatic heterocycles. The van der Waals surface area contributed by atoms with Crippen LogP contribution in [-0.2, 0) is 0 Å². The van der Waals surface area contributed by atoms with Gasteiger partial charge in [0, 0.05) is 0 Å². The molecule has 0 rings (SSSR count). The average Bonchev–Trinajstić information content (AvgIpc) is 2.41. The highest BCUT2D eigenvalue weighted by atomic mass is 15.1. The van der Waals surface area contributed by atoms with E-state index in [1.807, 2.05) is 0 Å². The lowest BCUT2D eigenvalue weighted by atomic mass is 10.0. The van der Waals surface area contributed by atoms with Gasteiger partial charge in [0.05, 0.1) is 0 Å². The van der Waals surface area contributed by atoms with Crippen LogP contribution in [0.2, 0.25) is 0 Å². The number of unbranched alkanes of at least 4 members (excludes halogenated alkanes) is 1. The third kappa shape index (κ3) is 17.7. The standard InChI is InChI=1S/C16H33N.C3H8/c1-6-8-12-17(13-9-10-15(3)4)14-11-16(5)7-2;1-3-2/h16H,3,6-14H2,1-2,4-5H3;3H2,1-2H3. The second-order valence-electron chi connectivity index (χ2n) is 6.27. The van der Waals surface area contributed by atoms with Crippen molar-refractivity contribution in [3.8, 4) is 0 Å². The summed E-state index contributed by atoms with van der Waals surface area (Å²) in [6.07, 6.45) is 9.03. The predicted molar refractivity (Wildman–Crippen MR) is 95.4 cm³/mol. The summed E-state index contributed by atoms with van der Waals surface area (Å²) >= 11 is 0. The molecule has 1 heteroatoms. The fourth-order valence-electron chi connectivity index (χ4n) is 1.93. The van der Waals surface area contributed by atoms with Crippen molar-refractivity contribution in [1.82, 2.24) is 4.90 Å². The van der Waals surface area contributed by atoms with Crippen LogP contribution in [-0.4, -0.2) is 24.5 Å². The van der Waals surface area contributed by atoms with Gasteiger partial charge in [-0.3, -0.25) is 0 Å². The van der Waals surface area contributed by atoms with Crippen molar-refractivity contribution in [1.29, 1.82) is 0 Å². The van der Waals surface area contributed by atoms with Gasteiger partial charge in [-0.2, -0.15) is 0 Å². The fourth-order valence-corrected chi connectivity index (χ4v) is 1.93. The Balaban J connectivity index is 0. The molecule has 0 aromatic carbocycles. The highest BCUT2D eigenvalue weighted by Gasteiger charge is 2.06. The van der Waals surface area contributed by atoms with E-state index in [1.54, 1.807) is 0 Å². The van der Waals surface area contributed by atoms with E-state index in [1.165, 1.54) is 70.2 Å². The van der Waals surface area contributed by atoms with E-state index in [0.717, 1.165) is 5.92 Å². The molecule has 1 unspecified atom stereocenters. The number of hydrogen-bond donors (Lipinski definition) is 0. The van der Waals surface area contributed by atoms with Crippen LogP contribution in [0.4, 0.5) is 0 Å². The highest BCUT2D eigenvalue weighted by molar-refractivity contribution is 4.87. The molecule has 122 valence electrons. The Morgan fingerprint density at radius 3 is 2.00 bits per heavy atom.